The molecule has 244 valence electrons. The second-order valence-electron chi connectivity index (χ2n) is 13.0. The number of anilines is 2. The highest BCUT2D eigenvalue weighted by Crippen LogP contribution is 2.57. The van der Waals surface area contributed by atoms with E-state index in [0.29, 0.717) is 56.9 Å². The normalized spacial score (nSPS) is 28.4. The highest BCUT2D eigenvalue weighted by molar-refractivity contribution is 6.08. The molecule has 1 spiro atoms. The number of hydrogen-bond donors (Lipinski definition) is 1. The number of nitrogens with zero attached hydrogens (tertiary/aromatic N) is 3. The molecule has 7 rings (SSSR count). The largest absolute Gasteiger partial charge is 0.494 e. The van der Waals surface area contributed by atoms with Crippen LogP contribution >= 0.6 is 0 Å². The maximum absolute atomic E-state index is 14.8. The number of carbonyl (C=O) groups excluding carboxylic acids is 3. The second-order valence-corrected chi connectivity index (χ2v) is 13.0. The fraction of sp³-hybridized carbons (Fsp3) is 0.395. The summed E-state index contributed by atoms with van der Waals surface area (Å²) in [4.78, 5) is 49.2. The molecule has 3 aromatic rings. The minimum absolute atomic E-state index is 0.0626. The summed E-state index contributed by atoms with van der Waals surface area (Å²) in [5, 5.41) is 11.5. The molecular weight excluding hydrogens is 594 g/mol. The zero-order valence-corrected chi connectivity index (χ0v) is 26.9. The van der Waals surface area contributed by atoms with Crippen LogP contribution in [0.3, 0.4) is 0 Å². The van der Waals surface area contributed by atoms with Gasteiger partial charge in [0.25, 0.3) is 5.91 Å². The number of benzene rings is 3. The van der Waals surface area contributed by atoms with Crippen molar-refractivity contribution in [2.45, 2.75) is 50.4 Å². The molecule has 5 atom stereocenters. The van der Waals surface area contributed by atoms with E-state index in [0.717, 1.165) is 16.5 Å². The highest BCUT2D eigenvalue weighted by atomic mass is 16.5. The van der Waals surface area contributed by atoms with Crippen LogP contribution in [0.4, 0.5) is 11.4 Å². The Morgan fingerprint density at radius 1 is 0.809 bits per heavy atom. The lowest BCUT2D eigenvalue weighted by atomic mass is 9.74. The van der Waals surface area contributed by atoms with Crippen molar-refractivity contribution in [3.8, 4) is 5.75 Å². The lowest BCUT2D eigenvalue weighted by Crippen LogP contribution is -2.56. The van der Waals surface area contributed by atoms with Gasteiger partial charge in [0.1, 0.15) is 17.4 Å². The van der Waals surface area contributed by atoms with Crippen LogP contribution in [0.1, 0.15) is 33.1 Å². The fourth-order valence-corrected chi connectivity index (χ4v) is 8.03. The number of aliphatic hydroxyl groups is 1. The molecule has 9 heteroatoms. The summed E-state index contributed by atoms with van der Waals surface area (Å²) in [6.07, 6.45) is 9.55. The molecule has 3 aromatic carbocycles. The number of amides is 3. The van der Waals surface area contributed by atoms with Crippen molar-refractivity contribution in [2.75, 3.05) is 42.6 Å². The Morgan fingerprint density at radius 2 is 1.51 bits per heavy atom. The first-order valence-corrected chi connectivity index (χ1v) is 16.6. The Bertz CT molecular complexity index is 1750. The molecule has 3 amide bonds. The molecule has 4 aliphatic heterocycles. The van der Waals surface area contributed by atoms with Crippen LogP contribution < -0.4 is 14.5 Å². The molecule has 0 saturated carbocycles. The number of likely N-dealkylation sites (tertiary alicyclic amines) is 1. The number of rotatable bonds is 9. The van der Waals surface area contributed by atoms with Gasteiger partial charge >= 0.3 is 0 Å². The quantitative estimate of drug-likeness (QED) is 0.266. The van der Waals surface area contributed by atoms with Crippen molar-refractivity contribution in [2.24, 2.45) is 11.8 Å². The van der Waals surface area contributed by atoms with Gasteiger partial charge in [-0.1, -0.05) is 54.6 Å². The molecule has 0 aromatic heterocycles. The van der Waals surface area contributed by atoms with E-state index < -0.39 is 29.1 Å². The predicted molar refractivity (Wildman–Crippen MR) is 180 cm³/mol. The molecular formula is C38H41N3O6. The van der Waals surface area contributed by atoms with Crippen LogP contribution in [0.5, 0.6) is 5.75 Å². The van der Waals surface area contributed by atoms with E-state index in [1.807, 2.05) is 105 Å². The molecule has 4 heterocycles. The van der Waals surface area contributed by atoms with Crippen molar-refractivity contribution in [3.63, 3.8) is 0 Å². The standard InChI is InChI=1S/C38H41N3O6/c1-3-46-30-17-15-28(16-18-30)39-22-9-19-37(2)31(34(39)43)32-35(44)41(21-7-4-8-24-42)33-36(45)40(23-10-20-38(32,33)47-37)29-14-13-26-11-5-6-12-27(26)25-29/h5-6,9-20,25,31-33,42H,3-4,7-8,21-24H2,1-2H3/t31-,32+,33?,37+,38+/m1/s1. The Balaban J connectivity index is 1.29. The van der Waals surface area contributed by atoms with Gasteiger partial charge in [0.2, 0.25) is 11.8 Å². The van der Waals surface area contributed by atoms with Crippen LogP contribution in [0.15, 0.2) is 91.0 Å². The minimum Gasteiger partial charge on any atom is -0.494 e. The van der Waals surface area contributed by atoms with Crippen molar-refractivity contribution in [1.82, 2.24) is 4.90 Å². The Morgan fingerprint density at radius 3 is 2.26 bits per heavy atom. The number of aliphatic hydroxyl groups excluding tert-OH is 1. The lowest BCUT2D eigenvalue weighted by Gasteiger charge is -2.37. The third kappa shape index (κ3) is 5.12. The first-order chi connectivity index (χ1) is 22.8. The zero-order chi connectivity index (χ0) is 32.8. The van der Waals surface area contributed by atoms with Crippen molar-refractivity contribution in [3.05, 3.63) is 91.0 Å². The number of carbonyl (C=O) groups is 3. The molecule has 9 nitrogen and oxygen atoms in total. The SMILES string of the molecule is CCOc1ccc(N2CC=C[C@]3(C)O[C@]45C=CCN(c6ccc7ccccc7c6)C(=O)C4N(CCCCCO)C(=O)[C@@H]5[C@@H]3C2=O)cc1. The summed E-state index contributed by atoms with van der Waals surface area (Å²) in [5.41, 5.74) is -1.01. The van der Waals surface area contributed by atoms with Gasteiger partial charge < -0.3 is 29.3 Å². The van der Waals surface area contributed by atoms with Crippen molar-refractivity contribution in [1.29, 1.82) is 0 Å². The Labute approximate surface area is 275 Å². The summed E-state index contributed by atoms with van der Waals surface area (Å²) >= 11 is 0. The highest BCUT2D eigenvalue weighted by Gasteiger charge is 2.74. The summed E-state index contributed by atoms with van der Waals surface area (Å²) in [7, 11) is 0. The van der Waals surface area contributed by atoms with Crippen LogP contribution in [-0.2, 0) is 19.1 Å². The van der Waals surface area contributed by atoms with Crippen molar-refractivity contribution < 1.29 is 29.0 Å². The lowest BCUT2D eigenvalue weighted by molar-refractivity contribution is -0.144. The second kappa shape index (κ2) is 12.3. The van der Waals surface area contributed by atoms with Gasteiger partial charge in [-0.2, -0.15) is 0 Å². The van der Waals surface area contributed by atoms with E-state index in [1.165, 1.54) is 0 Å². The van der Waals surface area contributed by atoms with Crippen LogP contribution in [0, 0.1) is 11.8 Å². The first-order valence-electron chi connectivity index (χ1n) is 16.6. The van der Waals surface area contributed by atoms with E-state index >= 15 is 0 Å². The molecule has 0 aliphatic carbocycles. The van der Waals surface area contributed by atoms with Gasteiger partial charge in [0.05, 0.1) is 24.0 Å². The zero-order valence-electron chi connectivity index (χ0n) is 26.9. The summed E-state index contributed by atoms with van der Waals surface area (Å²) in [6.45, 7) is 5.34. The summed E-state index contributed by atoms with van der Waals surface area (Å²) in [5.74, 6) is -1.73. The summed E-state index contributed by atoms with van der Waals surface area (Å²) in [6, 6.07) is 20.4. The Hall–Kier alpha value is -4.47. The third-order valence-corrected chi connectivity index (χ3v) is 10.1. The van der Waals surface area contributed by atoms with E-state index in [4.69, 9.17) is 9.47 Å². The topological polar surface area (TPSA) is 99.6 Å². The van der Waals surface area contributed by atoms with Gasteiger partial charge in [0, 0.05) is 37.6 Å². The van der Waals surface area contributed by atoms with Crippen LogP contribution in [0.25, 0.3) is 10.8 Å². The number of hydrogen-bond acceptors (Lipinski definition) is 6. The molecule has 1 N–H and O–H groups in total. The van der Waals surface area contributed by atoms with E-state index in [-0.39, 0.29) is 24.3 Å². The predicted octanol–water partition coefficient (Wildman–Crippen LogP) is 4.88. The van der Waals surface area contributed by atoms with Gasteiger partial charge in [0.15, 0.2) is 0 Å². The molecule has 1 unspecified atom stereocenters. The molecule has 2 saturated heterocycles. The van der Waals surface area contributed by atoms with Crippen LogP contribution in [-0.4, -0.2) is 77.8 Å². The summed E-state index contributed by atoms with van der Waals surface area (Å²) < 4.78 is 12.6. The van der Waals surface area contributed by atoms with Gasteiger partial charge in [-0.25, -0.2) is 0 Å². The smallest absolute Gasteiger partial charge is 0.253 e. The van der Waals surface area contributed by atoms with Gasteiger partial charge in [-0.15, -0.1) is 0 Å². The van der Waals surface area contributed by atoms with E-state index in [1.54, 1.807) is 14.7 Å². The number of unbranched alkanes of at least 4 members (excludes halogenated alkanes) is 2. The van der Waals surface area contributed by atoms with Crippen molar-refractivity contribution >= 4 is 39.9 Å². The molecule has 2 fully saturated rings. The number of fused-ring (bicyclic) bond motifs is 3. The molecule has 47 heavy (non-hydrogen) atoms. The Kier molecular flexibility index (Phi) is 8.14. The maximum Gasteiger partial charge on any atom is 0.253 e. The third-order valence-electron chi connectivity index (χ3n) is 10.1. The molecule has 4 aliphatic rings. The van der Waals surface area contributed by atoms with E-state index in [2.05, 4.69) is 0 Å². The van der Waals surface area contributed by atoms with Gasteiger partial charge in [-0.3, -0.25) is 14.4 Å². The fourth-order valence-electron chi connectivity index (χ4n) is 8.03. The average Bonchev–Trinajstić information content (AvgIpc) is 3.34. The van der Waals surface area contributed by atoms with E-state index in [9.17, 15) is 19.5 Å². The maximum atomic E-state index is 14.8. The monoisotopic (exact) mass is 635 g/mol. The van der Waals surface area contributed by atoms with Crippen LogP contribution in [0.2, 0.25) is 0 Å². The number of ether oxygens (including phenoxy) is 2. The minimum atomic E-state index is -1.34. The first kappa shape index (κ1) is 31.1. The molecule has 0 radical (unpaired) electrons. The molecule has 0 bridgehead atoms. The van der Waals surface area contributed by atoms with Gasteiger partial charge in [-0.05, 0) is 80.3 Å². The average molecular weight is 636 g/mol.